The van der Waals surface area contributed by atoms with E-state index in [1.165, 1.54) is 0 Å². The Morgan fingerprint density at radius 1 is 1.35 bits per heavy atom. The fourth-order valence-corrected chi connectivity index (χ4v) is 2.37. The summed E-state index contributed by atoms with van der Waals surface area (Å²) in [6, 6.07) is 11.0. The minimum atomic E-state index is -0.565. The molecule has 7 nitrogen and oxygen atoms in total. The molecule has 0 bridgehead atoms. The standard InChI is InChI=1S/C16H17N5O2/c1-23-11-4-2-3-10(5-11)8-20-21-9-19-14-7-13(17)12(16(18)22)6-15(14)21/h2-7,9,20H,8,17H2,1H3,(H2,18,22). The number of aromatic nitrogens is 2. The summed E-state index contributed by atoms with van der Waals surface area (Å²) in [5, 5.41) is 0. The van der Waals surface area contributed by atoms with Crippen LogP contribution >= 0.6 is 0 Å². The van der Waals surface area contributed by atoms with Crippen LogP contribution in [0.15, 0.2) is 42.7 Å². The van der Waals surface area contributed by atoms with E-state index in [1.54, 1.807) is 30.2 Å². The predicted octanol–water partition coefficient (Wildman–Crippen LogP) is 1.47. The van der Waals surface area contributed by atoms with Gasteiger partial charge in [-0.05, 0) is 29.8 Å². The van der Waals surface area contributed by atoms with Crippen LogP contribution in [0.3, 0.4) is 0 Å². The molecule has 3 aromatic rings. The third-order valence-electron chi connectivity index (χ3n) is 3.57. The highest BCUT2D eigenvalue weighted by Crippen LogP contribution is 2.20. The highest BCUT2D eigenvalue weighted by molar-refractivity contribution is 6.01. The van der Waals surface area contributed by atoms with E-state index in [0.29, 0.717) is 17.7 Å². The normalized spacial score (nSPS) is 10.7. The zero-order valence-corrected chi connectivity index (χ0v) is 12.6. The van der Waals surface area contributed by atoms with Crippen LogP contribution in [-0.4, -0.2) is 22.7 Å². The first-order valence-corrected chi connectivity index (χ1v) is 7.01. The van der Waals surface area contributed by atoms with Gasteiger partial charge in [-0.3, -0.25) is 4.79 Å². The molecule has 0 saturated heterocycles. The number of nitrogen functional groups attached to an aromatic ring is 1. The van der Waals surface area contributed by atoms with Crippen molar-refractivity contribution in [2.45, 2.75) is 6.54 Å². The minimum Gasteiger partial charge on any atom is -0.497 e. The predicted molar refractivity (Wildman–Crippen MR) is 88.7 cm³/mol. The lowest BCUT2D eigenvalue weighted by Gasteiger charge is -2.10. The van der Waals surface area contributed by atoms with Gasteiger partial charge in [-0.2, -0.15) is 0 Å². The molecule has 118 valence electrons. The maximum absolute atomic E-state index is 11.4. The summed E-state index contributed by atoms with van der Waals surface area (Å²) in [6.45, 7) is 0.568. The van der Waals surface area contributed by atoms with Crippen molar-refractivity contribution in [2.24, 2.45) is 5.73 Å². The molecule has 2 aromatic carbocycles. The number of rotatable bonds is 5. The van der Waals surface area contributed by atoms with E-state index in [9.17, 15) is 4.79 Å². The Balaban J connectivity index is 1.88. The maximum Gasteiger partial charge on any atom is 0.250 e. The van der Waals surface area contributed by atoms with Gasteiger partial charge in [0.15, 0.2) is 0 Å². The van der Waals surface area contributed by atoms with Crippen molar-refractivity contribution in [3.05, 3.63) is 53.9 Å². The van der Waals surface area contributed by atoms with Crippen molar-refractivity contribution in [3.63, 3.8) is 0 Å². The Morgan fingerprint density at radius 3 is 2.91 bits per heavy atom. The van der Waals surface area contributed by atoms with Crippen molar-refractivity contribution in [1.82, 2.24) is 9.66 Å². The summed E-state index contributed by atoms with van der Waals surface area (Å²) in [6.07, 6.45) is 1.63. The van der Waals surface area contributed by atoms with E-state index in [2.05, 4.69) is 10.4 Å². The van der Waals surface area contributed by atoms with Crippen LogP contribution in [0.25, 0.3) is 11.0 Å². The quantitative estimate of drug-likeness (QED) is 0.618. The largest absolute Gasteiger partial charge is 0.497 e. The minimum absolute atomic E-state index is 0.280. The van der Waals surface area contributed by atoms with Gasteiger partial charge >= 0.3 is 0 Å². The molecule has 0 saturated carbocycles. The van der Waals surface area contributed by atoms with E-state index in [-0.39, 0.29) is 5.56 Å². The molecule has 0 atom stereocenters. The Kier molecular flexibility index (Phi) is 3.76. The Hall–Kier alpha value is -3.22. The second-order valence-corrected chi connectivity index (χ2v) is 5.09. The molecule has 7 heteroatoms. The number of carbonyl (C=O) groups is 1. The maximum atomic E-state index is 11.4. The molecule has 0 radical (unpaired) electrons. The third-order valence-corrected chi connectivity index (χ3v) is 3.57. The molecule has 1 aromatic heterocycles. The fraction of sp³-hybridized carbons (Fsp3) is 0.125. The van der Waals surface area contributed by atoms with Gasteiger partial charge < -0.3 is 21.6 Å². The Labute approximate surface area is 132 Å². The Morgan fingerprint density at radius 2 is 2.17 bits per heavy atom. The summed E-state index contributed by atoms with van der Waals surface area (Å²) in [5.74, 6) is 0.230. The number of benzene rings is 2. The summed E-state index contributed by atoms with van der Waals surface area (Å²) in [7, 11) is 1.63. The molecule has 23 heavy (non-hydrogen) atoms. The van der Waals surface area contributed by atoms with Gasteiger partial charge in [0.05, 0.1) is 30.3 Å². The van der Waals surface area contributed by atoms with E-state index < -0.39 is 5.91 Å². The van der Waals surface area contributed by atoms with Crippen molar-refractivity contribution in [3.8, 4) is 5.75 Å². The molecule has 5 N–H and O–H groups in total. The summed E-state index contributed by atoms with van der Waals surface area (Å²) < 4.78 is 6.94. The molecule has 0 spiro atoms. The van der Waals surface area contributed by atoms with E-state index in [1.807, 2.05) is 24.3 Å². The molecular weight excluding hydrogens is 294 g/mol. The number of primary amides is 1. The number of ether oxygens (including phenoxy) is 1. The number of imidazole rings is 1. The number of amides is 1. The lowest BCUT2D eigenvalue weighted by molar-refractivity contribution is 0.100. The van der Waals surface area contributed by atoms with Gasteiger partial charge in [-0.1, -0.05) is 12.1 Å². The topological polar surface area (TPSA) is 108 Å². The SMILES string of the molecule is COc1cccc(CNn2cnc3cc(N)c(C(N)=O)cc32)c1. The van der Waals surface area contributed by atoms with Crippen LogP contribution in [-0.2, 0) is 6.54 Å². The Bertz CT molecular complexity index is 872. The van der Waals surface area contributed by atoms with Gasteiger partial charge in [0, 0.05) is 5.69 Å². The average Bonchev–Trinajstić information content (AvgIpc) is 2.94. The third kappa shape index (κ3) is 2.89. The van der Waals surface area contributed by atoms with Gasteiger partial charge in [-0.25, -0.2) is 9.66 Å². The molecular formula is C16H17N5O2. The van der Waals surface area contributed by atoms with Crippen molar-refractivity contribution in [2.75, 3.05) is 18.3 Å². The number of methoxy groups -OCH3 is 1. The molecule has 0 unspecified atom stereocenters. The highest BCUT2D eigenvalue weighted by Gasteiger charge is 2.11. The summed E-state index contributed by atoms with van der Waals surface area (Å²) in [5.41, 5.74) is 17.4. The average molecular weight is 311 g/mol. The van der Waals surface area contributed by atoms with Crippen LogP contribution in [0, 0.1) is 0 Å². The first-order chi connectivity index (χ1) is 11.1. The van der Waals surface area contributed by atoms with Crippen molar-refractivity contribution >= 4 is 22.6 Å². The van der Waals surface area contributed by atoms with Crippen molar-refractivity contribution in [1.29, 1.82) is 0 Å². The summed E-state index contributed by atoms with van der Waals surface area (Å²) >= 11 is 0. The lowest BCUT2D eigenvalue weighted by Crippen LogP contribution is -2.15. The zero-order valence-electron chi connectivity index (χ0n) is 12.6. The molecule has 3 rings (SSSR count). The van der Waals surface area contributed by atoms with Crippen molar-refractivity contribution < 1.29 is 9.53 Å². The number of hydrogen-bond acceptors (Lipinski definition) is 5. The summed E-state index contributed by atoms with van der Waals surface area (Å²) in [4.78, 5) is 15.7. The second kappa shape index (κ2) is 5.88. The molecule has 1 heterocycles. The smallest absolute Gasteiger partial charge is 0.250 e. The van der Waals surface area contributed by atoms with Gasteiger partial charge in [0.25, 0.3) is 5.91 Å². The number of carbonyl (C=O) groups excluding carboxylic acids is 1. The zero-order chi connectivity index (χ0) is 16.4. The lowest BCUT2D eigenvalue weighted by atomic mass is 10.1. The number of hydrogen-bond donors (Lipinski definition) is 3. The second-order valence-electron chi connectivity index (χ2n) is 5.09. The number of nitrogens with one attached hydrogen (secondary N) is 1. The number of nitrogens with two attached hydrogens (primary N) is 2. The van der Waals surface area contributed by atoms with E-state index >= 15 is 0 Å². The van der Waals surface area contributed by atoms with Crippen LogP contribution in [0.5, 0.6) is 5.75 Å². The monoisotopic (exact) mass is 311 g/mol. The fourth-order valence-electron chi connectivity index (χ4n) is 2.37. The first kappa shape index (κ1) is 14.7. The molecule has 0 aliphatic rings. The molecule has 0 aliphatic heterocycles. The van der Waals surface area contributed by atoms with Crippen LogP contribution in [0.4, 0.5) is 5.69 Å². The van der Waals surface area contributed by atoms with Crippen LogP contribution < -0.4 is 21.6 Å². The number of nitrogens with zero attached hydrogens (tertiary/aromatic N) is 2. The molecule has 1 amide bonds. The molecule has 0 aliphatic carbocycles. The van der Waals surface area contributed by atoms with Gasteiger partial charge in [0.2, 0.25) is 0 Å². The molecule has 0 fully saturated rings. The number of fused-ring (bicyclic) bond motifs is 1. The van der Waals surface area contributed by atoms with E-state index in [4.69, 9.17) is 16.2 Å². The van der Waals surface area contributed by atoms with Crippen LogP contribution in [0.2, 0.25) is 0 Å². The van der Waals surface area contributed by atoms with Gasteiger partial charge in [-0.15, -0.1) is 0 Å². The van der Waals surface area contributed by atoms with E-state index in [0.717, 1.165) is 16.8 Å². The van der Waals surface area contributed by atoms with Crippen LogP contribution in [0.1, 0.15) is 15.9 Å². The first-order valence-electron chi connectivity index (χ1n) is 7.01. The number of anilines is 1. The van der Waals surface area contributed by atoms with Gasteiger partial charge in [0.1, 0.15) is 12.1 Å². The highest BCUT2D eigenvalue weighted by atomic mass is 16.5.